The van der Waals surface area contributed by atoms with Crippen LogP contribution in [0.25, 0.3) is 0 Å². The highest BCUT2D eigenvalue weighted by Crippen LogP contribution is 2.53. The molecule has 0 bridgehead atoms. The van der Waals surface area contributed by atoms with Gasteiger partial charge in [0.25, 0.3) is 0 Å². The third-order valence-corrected chi connectivity index (χ3v) is 13.3. The minimum absolute atomic E-state index is 0.943. The predicted octanol–water partition coefficient (Wildman–Crippen LogP) is 11.3. The molecule has 0 heterocycles. The van der Waals surface area contributed by atoms with Crippen LogP contribution in [0.4, 0.5) is 0 Å². The highest BCUT2D eigenvalue weighted by atomic mass is 14.5. The van der Waals surface area contributed by atoms with Gasteiger partial charge < -0.3 is 0 Å². The van der Waals surface area contributed by atoms with Gasteiger partial charge in [-0.2, -0.15) is 0 Å². The molecule has 36 heavy (non-hydrogen) atoms. The number of rotatable bonds is 14. The van der Waals surface area contributed by atoms with E-state index in [1.54, 1.807) is 64.2 Å². The van der Waals surface area contributed by atoms with Gasteiger partial charge in [-0.15, -0.1) is 0 Å². The second kappa shape index (κ2) is 12.9. The van der Waals surface area contributed by atoms with Gasteiger partial charge in [0.15, 0.2) is 0 Å². The van der Waals surface area contributed by atoms with E-state index >= 15 is 0 Å². The lowest BCUT2D eigenvalue weighted by molar-refractivity contribution is 0.00794. The molecule has 5 rings (SSSR count). The second-order valence-corrected chi connectivity index (χ2v) is 15.9. The Morgan fingerprint density at radius 1 is 0.500 bits per heavy atom. The van der Waals surface area contributed by atoms with Gasteiger partial charge in [-0.1, -0.05) is 124 Å². The highest BCUT2D eigenvalue weighted by Gasteiger charge is 2.44. The van der Waals surface area contributed by atoms with Gasteiger partial charge in [-0.25, -0.2) is 0 Å². The zero-order valence-electron chi connectivity index (χ0n) is 25.1. The molecule has 0 nitrogen and oxygen atoms in total. The summed E-state index contributed by atoms with van der Waals surface area (Å²) in [6.07, 6.45) is 31.0. The van der Waals surface area contributed by atoms with Crippen LogP contribution in [-0.2, 0) is 0 Å². The first-order valence-electron chi connectivity index (χ1n) is 17.5. The maximum atomic E-state index is 2.77. The van der Waals surface area contributed by atoms with Crippen molar-refractivity contribution in [1.82, 2.24) is 0 Å². The summed E-state index contributed by atoms with van der Waals surface area (Å²) in [6.45, 7) is 10.7. The quantitative estimate of drug-likeness (QED) is 0.224. The van der Waals surface area contributed by atoms with Crippen molar-refractivity contribution in [2.45, 2.75) is 156 Å². The molecule has 0 saturated heterocycles. The average molecular weight is 497 g/mol. The van der Waals surface area contributed by atoms with E-state index in [1.165, 1.54) is 64.2 Å². The third kappa shape index (κ3) is 6.76. The molecule has 8 atom stereocenters. The van der Waals surface area contributed by atoms with Gasteiger partial charge >= 0.3 is 0 Å². The zero-order chi connectivity index (χ0) is 25.1. The molecule has 0 aliphatic heterocycles. The van der Waals surface area contributed by atoms with E-state index in [4.69, 9.17) is 0 Å². The summed E-state index contributed by atoms with van der Waals surface area (Å²) < 4.78 is 0. The Morgan fingerprint density at radius 2 is 1.03 bits per heavy atom. The van der Waals surface area contributed by atoms with E-state index in [0.717, 1.165) is 71.0 Å². The molecular formula is C36H64. The lowest BCUT2D eigenvalue weighted by Gasteiger charge is -2.48. The minimum atomic E-state index is 0.943. The molecule has 0 amide bonds. The molecule has 5 fully saturated rings. The van der Waals surface area contributed by atoms with Gasteiger partial charge in [-0.3, -0.25) is 0 Å². The molecule has 0 N–H and O–H groups in total. The van der Waals surface area contributed by atoms with Gasteiger partial charge in [0.1, 0.15) is 0 Å². The lowest BCUT2D eigenvalue weighted by atomic mass is 9.57. The van der Waals surface area contributed by atoms with Crippen LogP contribution in [-0.4, -0.2) is 0 Å². The fraction of sp³-hybridized carbons (Fsp3) is 1.00. The van der Waals surface area contributed by atoms with E-state index in [0.29, 0.717) is 0 Å². The van der Waals surface area contributed by atoms with Gasteiger partial charge in [0.2, 0.25) is 0 Å². The standard InChI is InChI=1S/C36H64/c1-25-18-19-32(20-25)22-27(3)36(33-16-5-6-17-33)35(24-31-14-9-15-31)34(23-30-12-8-13-30)28(4)26(2)21-29-10-7-11-29/h25-36H,5-24H2,1-4H3. The topological polar surface area (TPSA) is 0 Å². The number of hydrogen-bond acceptors (Lipinski definition) is 0. The summed E-state index contributed by atoms with van der Waals surface area (Å²) in [6, 6.07) is 0. The van der Waals surface area contributed by atoms with Crippen LogP contribution in [0.1, 0.15) is 156 Å². The van der Waals surface area contributed by atoms with Gasteiger partial charge in [0.05, 0.1) is 0 Å². The summed E-state index contributed by atoms with van der Waals surface area (Å²) in [5.41, 5.74) is 0. The van der Waals surface area contributed by atoms with Crippen molar-refractivity contribution < 1.29 is 0 Å². The zero-order valence-corrected chi connectivity index (χ0v) is 25.1. The summed E-state index contributed by atoms with van der Waals surface area (Å²) in [4.78, 5) is 0. The van der Waals surface area contributed by atoms with Crippen molar-refractivity contribution in [2.24, 2.45) is 71.0 Å². The summed E-state index contributed by atoms with van der Waals surface area (Å²) in [5, 5.41) is 0. The van der Waals surface area contributed by atoms with Crippen LogP contribution in [0, 0.1) is 71.0 Å². The van der Waals surface area contributed by atoms with E-state index in [1.807, 2.05) is 0 Å². The molecule has 0 spiro atoms. The van der Waals surface area contributed by atoms with E-state index in [9.17, 15) is 0 Å². The molecule has 0 heteroatoms. The molecule has 0 aromatic carbocycles. The Labute approximate surface area is 226 Å². The first-order valence-corrected chi connectivity index (χ1v) is 17.5. The summed E-state index contributed by atoms with van der Waals surface area (Å²) >= 11 is 0. The van der Waals surface area contributed by atoms with Crippen molar-refractivity contribution in [1.29, 1.82) is 0 Å². The molecule has 8 unspecified atom stereocenters. The average Bonchev–Trinajstić information content (AvgIpc) is 3.43. The Morgan fingerprint density at radius 3 is 1.53 bits per heavy atom. The van der Waals surface area contributed by atoms with Gasteiger partial charge in [0, 0.05) is 0 Å². The Bertz CT molecular complexity index is 632. The van der Waals surface area contributed by atoms with Crippen LogP contribution in [0.5, 0.6) is 0 Å². The largest absolute Gasteiger partial charge is 0.0625 e. The maximum Gasteiger partial charge on any atom is -0.0329 e. The maximum absolute atomic E-state index is 2.77. The van der Waals surface area contributed by atoms with Crippen molar-refractivity contribution >= 4 is 0 Å². The smallest absolute Gasteiger partial charge is 0.0329 e. The lowest BCUT2D eigenvalue weighted by Crippen LogP contribution is -2.41. The van der Waals surface area contributed by atoms with Crippen molar-refractivity contribution in [2.75, 3.05) is 0 Å². The highest BCUT2D eigenvalue weighted by molar-refractivity contribution is 4.94. The molecule has 5 saturated carbocycles. The minimum Gasteiger partial charge on any atom is -0.0625 e. The van der Waals surface area contributed by atoms with Crippen LogP contribution in [0.3, 0.4) is 0 Å². The molecular weight excluding hydrogens is 432 g/mol. The Kier molecular flexibility index (Phi) is 9.88. The van der Waals surface area contributed by atoms with E-state index in [-0.39, 0.29) is 0 Å². The van der Waals surface area contributed by atoms with Crippen molar-refractivity contribution in [3.05, 3.63) is 0 Å². The monoisotopic (exact) mass is 497 g/mol. The van der Waals surface area contributed by atoms with Crippen LogP contribution < -0.4 is 0 Å². The molecule has 208 valence electrons. The third-order valence-electron chi connectivity index (χ3n) is 13.3. The van der Waals surface area contributed by atoms with Crippen molar-refractivity contribution in [3.63, 3.8) is 0 Å². The molecule has 0 aromatic heterocycles. The predicted molar refractivity (Wildman–Crippen MR) is 157 cm³/mol. The van der Waals surface area contributed by atoms with Gasteiger partial charge in [-0.05, 0) is 103 Å². The van der Waals surface area contributed by atoms with Crippen molar-refractivity contribution in [3.8, 4) is 0 Å². The summed E-state index contributed by atoms with van der Waals surface area (Å²) in [7, 11) is 0. The van der Waals surface area contributed by atoms with E-state index < -0.39 is 0 Å². The molecule has 0 aromatic rings. The molecule has 0 radical (unpaired) electrons. The molecule has 5 aliphatic carbocycles. The van der Waals surface area contributed by atoms with Crippen LogP contribution >= 0.6 is 0 Å². The SMILES string of the molecule is CC1CCC(CC(C)C(C2CCCC2)C(CC2CCC2)C(CC2CCC2)C(C)C(C)CC2CCC2)C1. The number of hydrogen-bond donors (Lipinski definition) is 0. The summed E-state index contributed by atoms with van der Waals surface area (Å²) in [5.74, 6) is 12.3. The van der Waals surface area contributed by atoms with Crippen LogP contribution in [0.15, 0.2) is 0 Å². The molecule has 5 aliphatic rings. The normalized spacial score (nSPS) is 33.3. The second-order valence-electron chi connectivity index (χ2n) is 15.9. The Hall–Kier alpha value is 0. The first-order chi connectivity index (χ1) is 17.5. The van der Waals surface area contributed by atoms with Crippen LogP contribution in [0.2, 0.25) is 0 Å². The Balaban J connectivity index is 1.39. The van der Waals surface area contributed by atoms with E-state index in [2.05, 4.69) is 27.7 Å². The fourth-order valence-corrected chi connectivity index (χ4v) is 10.3. The first kappa shape index (κ1) is 27.6. The fourth-order valence-electron chi connectivity index (χ4n) is 10.3.